The third-order valence-electron chi connectivity index (χ3n) is 4.12. The molecular formula is C21H14BrN5O2S. The summed E-state index contributed by atoms with van der Waals surface area (Å²) >= 11 is 4.93. The minimum absolute atomic E-state index is 0.0615. The first-order valence-electron chi connectivity index (χ1n) is 8.82. The first kappa shape index (κ1) is 19.9. The van der Waals surface area contributed by atoms with Gasteiger partial charge in [0.2, 0.25) is 4.80 Å². The second kappa shape index (κ2) is 8.93. The highest BCUT2D eigenvalue weighted by atomic mass is 79.9. The van der Waals surface area contributed by atoms with Crippen LogP contribution in [0.4, 0.5) is 11.4 Å². The highest BCUT2D eigenvalue weighted by molar-refractivity contribution is 9.10. The quantitative estimate of drug-likeness (QED) is 0.218. The number of para-hydroxylation sites is 2. The Balaban J connectivity index is 1.91. The van der Waals surface area contributed by atoms with Crippen molar-refractivity contribution in [2.24, 2.45) is 10.1 Å². The highest BCUT2D eigenvalue weighted by Gasteiger charge is 2.14. The summed E-state index contributed by atoms with van der Waals surface area (Å²) < 4.78 is 2.57. The Bertz CT molecular complexity index is 1300. The molecule has 0 amide bonds. The molecule has 0 radical (unpaired) electrons. The van der Waals surface area contributed by atoms with Crippen LogP contribution >= 0.6 is 27.3 Å². The lowest BCUT2D eigenvalue weighted by molar-refractivity contribution is -0.384. The molecule has 4 aromatic rings. The van der Waals surface area contributed by atoms with Crippen LogP contribution in [0.1, 0.15) is 5.69 Å². The summed E-state index contributed by atoms with van der Waals surface area (Å²) in [6.07, 6.45) is 3.32. The van der Waals surface area contributed by atoms with E-state index in [1.54, 1.807) is 35.3 Å². The van der Waals surface area contributed by atoms with Crippen LogP contribution < -0.4 is 4.80 Å². The van der Waals surface area contributed by atoms with Crippen molar-refractivity contribution in [3.63, 3.8) is 0 Å². The zero-order valence-corrected chi connectivity index (χ0v) is 17.8. The summed E-state index contributed by atoms with van der Waals surface area (Å²) in [4.78, 5) is 20.2. The van der Waals surface area contributed by atoms with Crippen LogP contribution in [0.3, 0.4) is 0 Å². The van der Waals surface area contributed by atoms with E-state index in [1.807, 2.05) is 47.8 Å². The molecule has 7 nitrogen and oxygen atoms in total. The van der Waals surface area contributed by atoms with E-state index in [2.05, 4.69) is 31.0 Å². The third kappa shape index (κ3) is 4.27. The Labute approximate surface area is 184 Å². The van der Waals surface area contributed by atoms with Gasteiger partial charge in [0.15, 0.2) is 0 Å². The summed E-state index contributed by atoms with van der Waals surface area (Å²) in [5.41, 5.74) is 2.62. The van der Waals surface area contributed by atoms with Crippen LogP contribution in [0.5, 0.6) is 0 Å². The van der Waals surface area contributed by atoms with Gasteiger partial charge in [-0.25, -0.2) is 9.67 Å². The van der Waals surface area contributed by atoms with Crippen molar-refractivity contribution in [2.45, 2.75) is 0 Å². The van der Waals surface area contributed by atoms with Crippen LogP contribution in [0, 0.1) is 10.1 Å². The van der Waals surface area contributed by atoms with Crippen LogP contribution in [-0.4, -0.2) is 20.8 Å². The zero-order chi connectivity index (χ0) is 20.9. The number of halogens is 1. The summed E-state index contributed by atoms with van der Waals surface area (Å²) in [7, 11) is 0. The van der Waals surface area contributed by atoms with Gasteiger partial charge in [-0.15, -0.1) is 11.3 Å². The number of aromatic nitrogens is 2. The van der Waals surface area contributed by atoms with Crippen LogP contribution in [0.2, 0.25) is 0 Å². The van der Waals surface area contributed by atoms with E-state index in [0.29, 0.717) is 10.5 Å². The third-order valence-corrected chi connectivity index (χ3v) is 5.63. The lowest BCUT2D eigenvalue weighted by Crippen LogP contribution is -2.12. The summed E-state index contributed by atoms with van der Waals surface area (Å²) in [5, 5.41) is 17.9. The normalized spacial score (nSPS) is 11.8. The zero-order valence-electron chi connectivity index (χ0n) is 15.4. The van der Waals surface area contributed by atoms with Crippen molar-refractivity contribution in [3.05, 3.63) is 103 Å². The molecule has 9 heteroatoms. The standard InChI is InChI=1S/C21H14BrN5O2S/c22-17-9-2-1-8-16(17)20-14-30-21(25-18-10-3-4-11-19(18)27(28)29)26(20)24-13-15-7-5-6-12-23-15/h1-14H. The Hall–Kier alpha value is -3.43. The van der Waals surface area contributed by atoms with Crippen molar-refractivity contribution in [2.75, 3.05) is 0 Å². The summed E-state index contributed by atoms with van der Waals surface area (Å²) in [6.45, 7) is 0. The number of rotatable bonds is 5. The molecule has 0 aliphatic carbocycles. The van der Waals surface area contributed by atoms with Gasteiger partial charge in [-0.2, -0.15) is 5.10 Å². The Morgan fingerprint density at radius 3 is 2.60 bits per heavy atom. The van der Waals surface area contributed by atoms with Crippen molar-refractivity contribution >= 4 is 44.9 Å². The van der Waals surface area contributed by atoms with E-state index >= 15 is 0 Å². The van der Waals surface area contributed by atoms with Gasteiger partial charge in [0.1, 0.15) is 5.69 Å². The Kier molecular flexibility index (Phi) is 5.92. The van der Waals surface area contributed by atoms with Gasteiger partial charge in [-0.05, 0) is 24.3 Å². The maximum absolute atomic E-state index is 11.4. The van der Waals surface area contributed by atoms with Gasteiger partial charge in [0, 0.05) is 27.7 Å². The molecular weight excluding hydrogens is 466 g/mol. The Morgan fingerprint density at radius 2 is 1.83 bits per heavy atom. The second-order valence-electron chi connectivity index (χ2n) is 6.05. The molecule has 0 saturated carbocycles. The number of hydrogen-bond donors (Lipinski definition) is 0. The number of hydrogen-bond acceptors (Lipinski definition) is 6. The first-order chi connectivity index (χ1) is 14.6. The molecule has 2 heterocycles. The largest absolute Gasteiger partial charge is 0.294 e. The lowest BCUT2D eigenvalue weighted by Gasteiger charge is -2.05. The van der Waals surface area contributed by atoms with Gasteiger partial charge in [0.25, 0.3) is 5.69 Å². The molecule has 0 spiro atoms. The minimum atomic E-state index is -0.442. The predicted molar refractivity (Wildman–Crippen MR) is 121 cm³/mol. The fraction of sp³-hybridized carbons (Fsp3) is 0. The second-order valence-corrected chi connectivity index (χ2v) is 7.74. The van der Waals surface area contributed by atoms with E-state index in [9.17, 15) is 10.1 Å². The van der Waals surface area contributed by atoms with Crippen molar-refractivity contribution in [1.82, 2.24) is 9.66 Å². The van der Waals surface area contributed by atoms with E-state index in [1.165, 1.54) is 17.4 Å². The van der Waals surface area contributed by atoms with Crippen LogP contribution in [0.15, 0.2) is 92.9 Å². The SMILES string of the molecule is O=[N+]([O-])c1ccccc1N=c1scc(-c2ccccc2Br)n1N=Cc1ccccn1. The molecule has 4 rings (SSSR count). The molecule has 148 valence electrons. The number of nitro groups is 1. The van der Waals surface area contributed by atoms with Crippen molar-refractivity contribution in [1.29, 1.82) is 0 Å². The van der Waals surface area contributed by atoms with Gasteiger partial charge in [-0.1, -0.05) is 52.3 Å². The average molecular weight is 480 g/mol. The van der Waals surface area contributed by atoms with Gasteiger partial charge >= 0.3 is 0 Å². The average Bonchev–Trinajstić information content (AvgIpc) is 3.15. The molecule has 30 heavy (non-hydrogen) atoms. The van der Waals surface area contributed by atoms with Crippen molar-refractivity contribution < 1.29 is 4.92 Å². The highest BCUT2D eigenvalue weighted by Crippen LogP contribution is 2.29. The van der Waals surface area contributed by atoms with Crippen LogP contribution in [-0.2, 0) is 0 Å². The molecule has 2 aromatic carbocycles. The molecule has 0 fully saturated rings. The van der Waals surface area contributed by atoms with E-state index in [4.69, 9.17) is 0 Å². The van der Waals surface area contributed by atoms with E-state index < -0.39 is 4.92 Å². The number of thiazole rings is 1. The van der Waals surface area contributed by atoms with Crippen molar-refractivity contribution in [3.8, 4) is 11.3 Å². The smallest absolute Gasteiger partial charge is 0.258 e. The predicted octanol–water partition coefficient (Wildman–Crippen LogP) is 5.40. The monoisotopic (exact) mass is 479 g/mol. The molecule has 0 unspecified atom stereocenters. The topological polar surface area (TPSA) is 85.7 Å². The first-order valence-corrected chi connectivity index (χ1v) is 10.5. The molecule has 0 N–H and O–H groups in total. The molecule has 0 atom stereocenters. The van der Waals surface area contributed by atoms with E-state index in [0.717, 1.165) is 15.7 Å². The molecule has 0 aliphatic heterocycles. The van der Waals surface area contributed by atoms with Crippen LogP contribution in [0.25, 0.3) is 11.3 Å². The maximum atomic E-state index is 11.4. The summed E-state index contributed by atoms with van der Waals surface area (Å²) in [5.74, 6) is 0. The van der Waals surface area contributed by atoms with E-state index in [-0.39, 0.29) is 11.4 Å². The van der Waals surface area contributed by atoms with Gasteiger partial charge < -0.3 is 0 Å². The molecule has 0 bridgehead atoms. The number of nitrogens with zero attached hydrogens (tertiary/aromatic N) is 5. The molecule has 0 saturated heterocycles. The number of nitro benzene ring substituents is 1. The summed E-state index contributed by atoms with van der Waals surface area (Å²) in [6, 6.07) is 19.7. The number of pyridine rings is 1. The van der Waals surface area contributed by atoms with Gasteiger partial charge in [0.05, 0.1) is 22.5 Å². The molecule has 2 aromatic heterocycles. The number of benzene rings is 2. The fourth-order valence-corrected chi connectivity index (χ4v) is 4.06. The minimum Gasteiger partial charge on any atom is -0.258 e. The maximum Gasteiger partial charge on any atom is 0.294 e. The lowest BCUT2D eigenvalue weighted by atomic mass is 10.2. The Morgan fingerprint density at radius 1 is 1.07 bits per heavy atom. The fourth-order valence-electron chi connectivity index (χ4n) is 2.73. The van der Waals surface area contributed by atoms with Gasteiger partial charge in [-0.3, -0.25) is 15.1 Å². The molecule has 0 aliphatic rings.